The van der Waals surface area contributed by atoms with E-state index in [1.807, 2.05) is 6.07 Å². The first kappa shape index (κ1) is 15.0. The molecule has 0 fully saturated rings. The third-order valence-electron chi connectivity index (χ3n) is 4.53. The smallest absolute Gasteiger partial charge is 0.247 e. The van der Waals surface area contributed by atoms with Gasteiger partial charge in [0.25, 0.3) is 0 Å². The molecule has 1 N–H and O–H groups in total. The normalized spacial score (nSPS) is 16.6. The van der Waals surface area contributed by atoms with E-state index in [1.54, 1.807) is 0 Å². The van der Waals surface area contributed by atoms with Crippen LogP contribution in [-0.2, 0) is 5.54 Å². The Kier molecular flexibility index (Phi) is 4.81. The van der Waals surface area contributed by atoms with Crippen molar-refractivity contribution in [1.29, 1.82) is 0 Å². The highest BCUT2D eigenvalue weighted by Crippen LogP contribution is 2.41. The Hall–Kier alpha value is -1.35. The molecule has 0 spiro atoms. The molecule has 1 aliphatic rings. The molecule has 0 aliphatic carbocycles. The Morgan fingerprint density at radius 1 is 1.05 bits per heavy atom. The molecule has 0 saturated heterocycles. The number of para-hydroxylation sites is 1. The number of hydrogen-bond acceptors (Lipinski definition) is 2. The van der Waals surface area contributed by atoms with Crippen LogP contribution in [0.25, 0.3) is 0 Å². The molecule has 0 aromatic heterocycles. The summed E-state index contributed by atoms with van der Waals surface area (Å²) in [7, 11) is 0. The van der Waals surface area contributed by atoms with Gasteiger partial charge in [0.15, 0.2) is 6.54 Å². The molecule has 3 nitrogen and oxygen atoms in total. The molecule has 1 aromatic rings. The first-order valence-electron chi connectivity index (χ1n) is 7.88. The molecule has 0 saturated carbocycles. The van der Waals surface area contributed by atoms with Gasteiger partial charge in [-0.3, -0.25) is 0 Å². The van der Waals surface area contributed by atoms with Gasteiger partial charge in [-0.25, -0.2) is 4.99 Å². The molecule has 20 heavy (non-hydrogen) atoms. The molecular formula is C17H27N2O+. The summed E-state index contributed by atoms with van der Waals surface area (Å²) in [5.74, 6) is 1.89. The molecular weight excluding hydrogens is 248 g/mol. The summed E-state index contributed by atoms with van der Waals surface area (Å²) in [6.07, 6.45) is 2.03. The summed E-state index contributed by atoms with van der Waals surface area (Å²) in [6, 6.07) is 8.36. The second-order valence-electron chi connectivity index (χ2n) is 5.48. The number of fused-ring (bicyclic) bond motifs is 1. The van der Waals surface area contributed by atoms with Crippen LogP contribution in [0.2, 0.25) is 0 Å². The van der Waals surface area contributed by atoms with Crippen LogP contribution in [-0.4, -0.2) is 25.5 Å². The van der Waals surface area contributed by atoms with Crippen LogP contribution in [0.1, 0.15) is 46.1 Å². The van der Waals surface area contributed by atoms with Crippen LogP contribution in [0.4, 0.5) is 0 Å². The van der Waals surface area contributed by atoms with E-state index in [0.29, 0.717) is 0 Å². The number of likely N-dealkylation sites (N-methyl/N-ethyl adjacent to an activating group) is 1. The monoisotopic (exact) mass is 275 g/mol. The largest absolute Gasteiger partial charge is 0.437 e. The van der Waals surface area contributed by atoms with Crippen molar-refractivity contribution in [3.63, 3.8) is 0 Å². The fourth-order valence-electron chi connectivity index (χ4n) is 2.97. The second kappa shape index (κ2) is 6.40. The van der Waals surface area contributed by atoms with Gasteiger partial charge in [0, 0.05) is 5.56 Å². The van der Waals surface area contributed by atoms with E-state index >= 15 is 0 Å². The zero-order valence-electron chi connectivity index (χ0n) is 13.2. The van der Waals surface area contributed by atoms with Gasteiger partial charge >= 0.3 is 0 Å². The van der Waals surface area contributed by atoms with Crippen molar-refractivity contribution in [2.24, 2.45) is 4.99 Å². The van der Waals surface area contributed by atoms with Gasteiger partial charge in [-0.05, 0) is 32.8 Å². The van der Waals surface area contributed by atoms with E-state index in [1.165, 1.54) is 10.5 Å². The maximum atomic E-state index is 6.05. The number of nitrogens with zero attached hydrogens (tertiary/aromatic N) is 1. The van der Waals surface area contributed by atoms with Gasteiger partial charge in [0.2, 0.25) is 5.90 Å². The molecule has 0 atom stereocenters. The number of hydrogen-bond donors (Lipinski definition) is 1. The van der Waals surface area contributed by atoms with E-state index < -0.39 is 0 Å². The standard InChI is InChI=1S/C17H26N2O/c1-5-17(6-2)14-11-9-10-12-15(14)20-16(18-17)13-19(7-3)8-4/h9-12H,5-8,13H2,1-4H3/p+1. The minimum atomic E-state index is -0.100. The lowest BCUT2D eigenvalue weighted by atomic mass is 9.84. The third kappa shape index (κ3) is 2.73. The Bertz CT molecular complexity index is 474. The lowest BCUT2D eigenvalue weighted by Gasteiger charge is -2.34. The van der Waals surface area contributed by atoms with Crippen molar-refractivity contribution < 1.29 is 9.64 Å². The molecule has 2 rings (SSSR count). The molecule has 110 valence electrons. The maximum absolute atomic E-state index is 6.05. The van der Waals surface area contributed by atoms with Gasteiger partial charge < -0.3 is 9.64 Å². The summed E-state index contributed by atoms with van der Waals surface area (Å²) in [5, 5.41) is 0. The summed E-state index contributed by atoms with van der Waals surface area (Å²) in [6.45, 7) is 11.9. The van der Waals surface area contributed by atoms with Crippen molar-refractivity contribution in [1.82, 2.24) is 0 Å². The Labute approximate surface area is 122 Å². The Balaban J connectivity index is 2.36. The van der Waals surface area contributed by atoms with Gasteiger partial charge in [-0.2, -0.15) is 0 Å². The minimum Gasteiger partial charge on any atom is -0.437 e. The minimum absolute atomic E-state index is 0.100. The molecule has 1 aromatic carbocycles. The molecule has 3 heteroatoms. The van der Waals surface area contributed by atoms with E-state index in [4.69, 9.17) is 9.73 Å². The predicted octanol–water partition coefficient (Wildman–Crippen LogP) is 2.42. The first-order chi connectivity index (χ1) is 9.69. The van der Waals surface area contributed by atoms with Crippen molar-refractivity contribution in [3.8, 4) is 5.75 Å². The number of quaternary nitrogens is 1. The van der Waals surface area contributed by atoms with Crippen molar-refractivity contribution in [3.05, 3.63) is 29.8 Å². The van der Waals surface area contributed by atoms with Crippen molar-refractivity contribution in [2.45, 2.75) is 46.1 Å². The number of aliphatic imine (C=N–C) groups is 1. The molecule has 0 unspecified atom stereocenters. The molecule has 0 amide bonds. The lowest BCUT2D eigenvalue weighted by Crippen LogP contribution is -3.12. The van der Waals surface area contributed by atoms with Gasteiger partial charge in [-0.15, -0.1) is 0 Å². The summed E-state index contributed by atoms with van der Waals surface area (Å²) >= 11 is 0. The fraction of sp³-hybridized carbons (Fsp3) is 0.588. The Morgan fingerprint density at radius 3 is 2.30 bits per heavy atom. The topological polar surface area (TPSA) is 26.0 Å². The van der Waals surface area contributed by atoms with Gasteiger partial charge in [0.05, 0.1) is 18.6 Å². The Morgan fingerprint density at radius 2 is 1.70 bits per heavy atom. The number of rotatable bonds is 6. The average molecular weight is 275 g/mol. The fourth-order valence-corrected chi connectivity index (χ4v) is 2.97. The van der Waals surface area contributed by atoms with Crippen LogP contribution in [0, 0.1) is 0 Å². The van der Waals surface area contributed by atoms with Gasteiger partial charge in [0.1, 0.15) is 5.75 Å². The highest BCUT2D eigenvalue weighted by atomic mass is 16.5. The zero-order chi connectivity index (χ0) is 14.6. The molecule has 1 heterocycles. The van der Waals surface area contributed by atoms with E-state index in [2.05, 4.69) is 45.9 Å². The quantitative estimate of drug-likeness (QED) is 0.848. The number of ether oxygens (including phenoxy) is 1. The van der Waals surface area contributed by atoms with Gasteiger partial charge in [-0.1, -0.05) is 32.0 Å². The first-order valence-corrected chi connectivity index (χ1v) is 7.88. The van der Waals surface area contributed by atoms with E-state index in [0.717, 1.165) is 44.1 Å². The maximum Gasteiger partial charge on any atom is 0.247 e. The van der Waals surface area contributed by atoms with Crippen molar-refractivity contribution >= 4 is 5.90 Å². The van der Waals surface area contributed by atoms with Crippen LogP contribution < -0.4 is 9.64 Å². The average Bonchev–Trinajstić information content (AvgIpc) is 2.51. The second-order valence-corrected chi connectivity index (χ2v) is 5.48. The predicted molar refractivity (Wildman–Crippen MR) is 83.7 cm³/mol. The van der Waals surface area contributed by atoms with Crippen LogP contribution in [0.5, 0.6) is 5.75 Å². The van der Waals surface area contributed by atoms with Crippen LogP contribution in [0.3, 0.4) is 0 Å². The lowest BCUT2D eigenvalue weighted by molar-refractivity contribution is -0.887. The van der Waals surface area contributed by atoms with Crippen molar-refractivity contribution in [2.75, 3.05) is 19.6 Å². The summed E-state index contributed by atoms with van der Waals surface area (Å²) < 4.78 is 6.05. The van der Waals surface area contributed by atoms with Crippen LogP contribution in [0.15, 0.2) is 29.3 Å². The SMILES string of the molecule is CC[NH+](CC)CC1=NC(CC)(CC)c2ccccc2O1. The summed E-state index contributed by atoms with van der Waals surface area (Å²) in [4.78, 5) is 6.50. The zero-order valence-corrected chi connectivity index (χ0v) is 13.2. The van der Waals surface area contributed by atoms with E-state index in [-0.39, 0.29) is 5.54 Å². The third-order valence-corrected chi connectivity index (χ3v) is 4.53. The summed E-state index contributed by atoms with van der Waals surface area (Å²) in [5.41, 5.74) is 1.14. The van der Waals surface area contributed by atoms with Crippen LogP contribution >= 0.6 is 0 Å². The molecule has 0 radical (unpaired) electrons. The van der Waals surface area contributed by atoms with E-state index in [9.17, 15) is 0 Å². The highest BCUT2D eigenvalue weighted by molar-refractivity contribution is 5.82. The number of benzene rings is 1. The number of nitrogens with one attached hydrogen (secondary N) is 1. The molecule has 0 bridgehead atoms. The highest BCUT2D eigenvalue weighted by Gasteiger charge is 2.36. The molecule has 1 aliphatic heterocycles.